The lowest BCUT2D eigenvalue weighted by molar-refractivity contribution is 0.893. The molecule has 0 aliphatic rings. The number of amidine groups is 1. The van der Waals surface area contributed by atoms with Gasteiger partial charge in [0.1, 0.15) is 5.84 Å². The average molecular weight is 208 g/mol. The third kappa shape index (κ3) is 3.43. The largest absolute Gasteiger partial charge is 0.386 e. The number of hydrazone groups is 1. The molecule has 1 aromatic heterocycles. The standard InChI is InChI=1S/C9H16N6/c1-3-12-8-4-5-9(13-6-8)15(11)14-7(2)10/h4-6,12H,3,11H2,1-2H3,(H2,10,14). The molecule has 6 nitrogen and oxygen atoms in total. The number of rotatable bonds is 4. The topological polar surface area (TPSA) is 92.6 Å². The average Bonchev–Trinajstić information content (AvgIpc) is 2.18. The van der Waals surface area contributed by atoms with Gasteiger partial charge in [0, 0.05) is 6.54 Å². The number of hydrogen-bond acceptors (Lipinski definition) is 5. The molecule has 0 amide bonds. The highest BCUT2D eigenvalue weighted by Gasteiger charge is 2.00. The molecule has 1 aromatic rings. The molecule has 0 atom stereocenters. The maximum Gasteiger partial charge on any atom is 0.166 e. The fourth-order valence-electron chi connectivity index (χ4n) is 1.05. The number of anilines is 2. The highest BCUT2D eigenvalue weighted by atomic mass is 15.6. The van der Waals surface area contributed by atoms with Gasteiger partial charge in [-0.15, -0.1) is 5.10 Å². The van der Waals surface area contributed by atoms with Gasteiger partial charge in [-0.1, -0.05) is 0 Å². The lowest BCUT2D eigenvalue weighted by Crippen LogP contribution is -2.28. The van der Waals surface area contributed by atoms with Crippen LogP contribution in [0.25, 0.3) is 0 Å². The molecule has 0 radical (unpaired) electrons. The molecule has 0 saturated carbocycles. The molecule has 0 unspecified atom stereocenters. The Kier molecular flexibility index (Phi) is 3.87. The summed E-state index contributed by atoms with van der Waals surface area (Å²) in [5.41, 5.74) is 6.34. The quantitative estimate of drug-likeness (QED) is 0.290. The van der Waals surface area contributed by atoms with Crippen molar-refractivity contribution in [1.29, 1.82) is 0 Å². The number of nitrogens with two attached hydrogens (primary N) is 2. The molecule has 5 N–H and O–H groups in total. The van der Waals surface area contributed by atoms with E-state index in [9.17, 15) is 0 Å². The van der Waals surface area contributed by atoms with Crippen LogP contribution in [0, 0.1) is 0 Å². The molecular formula is C9H16N6. The van der Waals surface area contributed by atoms with Gasteiger partial charge in [-0.2, -0.15) is 5.12 Å². The minimum absolute atomic E-state index is 0.384. The second kappa shape index (κ2) is 5.16. The van der Waals surface area contributed by atoms with E-state index in [0.717, 1.165) is 17.4 Å². The van der Waals surface area contributed by atoms with Crippen LogP contribution in [0.15, 0.2) is 23.4 Å². The van der Waals surface area contributed by atoms with Crippen LogP contribution in [0.2, 0.25) is 0 Å². The van der Waals surface area contributed by atoms with Gasteiger partial charge in [-0.05, 0) is 26.0 Å². The van der Waals surface area contributed by atoms with Crippen LogP contribution in [0.3, 0.4) is 0 Å². The van der Waals surface area contributed by atoms with E-state index < -0.39 is 0 Å². The molecule has 0 aliphatic carbocycles. The Balaban J connectivity index is 2.75. The molecule has 0 fully saturated rings. The first-order valence-electron chi connectivity index (χ1n) is 4.69. The summed E-state index contributed by atoms with van der Waals surface area (Å²) >= 11 is 0. The summed E-state index contributed by atoms with van der Waals surface area (Å²) in [5, 5.41) is 8.12. The number of pyridine rings is 1. The number of nitrogens with zero attached hydrogens (tertiary/aromatic N) is 3. The molecule has 0 bridgehead atoms. The summed E-state index contributed by atoms with van der Waals surface area (Å²) in [6.45, 7) is 4.53. The van der Waals surface area contributed by atoms with Gasteiger partial charge in [0.25, 0.3) is 0 Å². The van der Waals surface area contributed by atoms with Crippen molar-refractivity contribution >= 4 is 17.3 Å². The van der Waals surface area contributed by atoms with Crippen LogP contribution in [0.4, 0.5) is 11.5 Å². The fraction of sp³-hybridized carbons (Fsp3) is 0.333. The summed E-state index contributed by atoms with van der Waals surface area (Å²) in [6.07, 6.45) is 1.69. The first kappa shape index (κ1) is 11.3. The molecule has 1 rings (SSSR count). The molecule has 1 heterocycles. The van der Waals surface area contributed by atoms with Gasteiger partial charge < -0.3 is 11.1 Å². The molecule has 0 spiro atoms. The first-order valence-corrected chi connectivity index (χ1v) is 4.69. The Morgan fingerprint density at radius 2 is 2.33 bits per heavy atom. The second-order valence-corrected chi connectivity index (χ2v) is 3.02. The van der Waals surface area contributed by atoms with Crippen LogP contribution >= 0.6 is 0 Å². The Hall–Kier alpha value is -1.82. The highest BCUT2D eigenvalue weighted by Crippen LogP contribution is 2.11. The minimum Gasteiger partial charge on any atom is -0.386 e. The number of aromatic nitrogens is 1. The lowest BCUT2D eigenvalue weighted by Gasteiger charge is -2.11. The Morgan fingerprint density at radius 1 is 1.60 bits per heavy atom. The summed E-state index contributed by atoms with van der Waals surface area (Å²) in [4.78, 5) is 4.13. The van der Waals surface area contributed by atoms with Gasteiger partial charge >= 0.3 is 0 Å². The van der Waals surface area contributed by atoms with E-state index >= 15 is 0 Å². The van der Waals surface area contributed by atoms with Gasteiger partial charge in [-0.3, -0.25) is 0 Å². The van der Waals surface area contributed by atoms with E-state index in [1.165, 1.54) is 0 Å². The van der Waals surface area contributed by atoms with Crippen molar-refractivity contribution in [3.8, 4) is 0 Å². The van der Waals surface area contributed by atoms with Crippen LogP contribution in [-0.4, -0.2) is 17.4 Å². The smallest absolute Gasteiger partial charge is 0.166 e. The van der Waals surface area contributed by atoms with Crippen molar-refractivity contribution < 1.29 is 0 Å². The van der Waals surface area contributed by atoms with E-state index in [0.29, 0.717) is 11.7 Å². The first-order chi connectivity index (χ1) is 7.13. The third-order valence-electron chi connectivity index (χ3n) is 1.63. The van der Waals surface area contributed by atoms with E-state index in [4.69, 9.17) is 11.6 Å². The Morgan fingerprint density at radius 3 is 2.80 bits per heavy atom. The summed E-state index contributed by atoms with van der Waals surface area (Å²) in [6, 6.07) is 3.65. The van der Waals surface area contributed by atoms with E-state index in [-0.39, 0.29) is 0 Å². The van der Waals surface area contributed by atoms with Crippen LogP contribution in [0.1, 0.15) is 13.8 Å². The second-order valence-electron chi connectivity index (χ2n) is 3.02. The van der Waals surface area contributed by atoms with Crippen molar-refractivity contribution in [2.75, 3.05) is 17.0 Å². The van der Waals surface area contributed by atoms with Crippen LogP contribution in [0.5, 0.6) is 0 Å². The summed E-state index contributed by atoms with van der Waals surface area (Å²) in [7, 11) is 0. The van der Waals surface area contributed by atoms with Gasteiger partial charge in [0.05, 0.1) is 11.9 Å². The van der Waals surface area contributed by atoms with Gasteiger partial charge in [-0.25, -0.2) is 10.8 Å². The summed E-state index contributed by atoms with van der Waals surface area (Å²) in [5.74, 6) is 6.53. The van der Waals surface area contributed by atoms with Crippen molar-refractivity contribution in [2.45, 2.75) is 13.8 Å². The molecule has 0 aliphatic heterocycles. The lowest BCUT2D eigenvalue weighted by atomic mass is 10.4. The Labute approximate surface area is 88.9 Å². The van der Waals surface area contributed by atoms with Gasteiger partial charge in [0.15, 0.2) is 5.82 Å². The SMILES string of the molecule is CCNc1ccc(N(N)/N=C(/C)N)nc1. The van der Waals surface area contributed by atoms with Crippen molar-refractivity contribution in [3.63, 3.8) is 0 Å². The monoisotopic (exact) mass is 208 g/mol. The zero-order valence-electron chi connectivity index (χ0n) is 8.94. The predicted molar refractivity (Wildman–Crippen MR) is 62.4 cm³/mol. The zero-order valence-corrected chi connectivity index (χ0v) is 8.94. The predicted octanol–water partition coefficient (Wildman–Crippen LogP) is 0.486. The van der Waals surface area contributed by atoms with Crippen molar-refractivity contribution in [1.82, 2.24) is 4.98 Å². The molecule has 15 heavy (non-hydrogen) atoms. The van der Waals surface area contributed by atoms with E-state index in [1.807, 2.05) is 13.0 Å². The third-order valence-corrected chi connectivity index (χ3v) is 1.63. The molecule has 0 aromatic carbocycles. The number of hydrazine groups is 1. The van der Waals surface area contributed by atoms with Crippen LogP contribution in [-0.2, 0) is 0 Å². The molecule has 82 valence electrons. The summed E-state index contributed by atoms with van der Waals surface area (Å²) < 4.78 is 0. The zero-order chi connectivity index (χ0) is 11.3. The maximum absolute atomic E-state index is 5.60. The van der Waals surface area contributed by atoms with Gasteiger partial charge in [0.2, 0.25) is 0 Å². The Bertz CT molecular complexity index is 327. The van der Waals surface area contributed by atoms with Crippen molar-refractivity contribution in [3.05, 3.63) is 18.3 Å². The van der Waals surface area contributed by atoms with E-state index in [2.05, 4.69) is 15.4 Å². The fourth-order valence-corrected chi connectivity index (χ4v) is 1.05. The maximum atomic E-state index is 5.60. The number of nitrogens with one attached hydrogen (secondary N) is 1. The van der Waals surface area contributed by atoms with Crippen molar-refractivity contribution in [2.24, 2.45) is 16.7 Å². The molecule has 6 heteroatoms. The molecule has 0 saturated heterocycles. The minimum atomic E-state index is 0.384. The number of hydrogen-bond donors (Lipinski definition) is 3. The normalized spacial score (nSPS) is 11.3. The van der Waals surface area contributed by atoms with E-state index in [1.54, 1.807) is 19.2 Å². The molecular weight excluding hydrogens is 192 g/mol. The van der Waals surface area contributed by atoms with Crippen LogP contribution < -0.4 is 22.0 Å². The highest BCUT2D eigenvalue weighted by molar-refractivity contribution is 5.78.